The van der Waals surface area contributed by atoms with E-state index in [1.807, 2.05) is 12.1 Å². The fourth-order valence-corrected chi connectivity index (χ4v) is 2.00. The molecule has 0 spiro atoms. The topological polar surface area (TPSA) is 65.5 Å². The molecule has 1 fully saturated rings. The van der Waals surface area contributed by atoms with E-state index in [0.29, 0.717) is 12.2 Å². The molecule has 5 nitrogen and oxygen atoms in total. The number of hydrogen-bond acceptors (Lipinski definition) is 4. The number of aliphatic hydroxyl groups is 1. The number of hydrogen-bond donors (Lipinski definition) is 2. The number of rotatable bonds is 7. The summed E-state index contributed by atoms with van der Waals surface area (Å²) in [7, 11) is 0. The standard InChI is InChI=1S/C14H21N3O2/c1-2-8-15-13-5-3-4-12(16-13)14(19)17(9-10-18)11-6-7-11/h3-5,11,18H,2,6-10H2,1H3,(H,15,16). The lowest BCUT2D eigenvalue weighted by Crippen LogP contribution is -2.36. The van der Waals surface area contributed by atoms with Crippen molar-refractivity contribution < 1.29 is 9.90 Å². The van der Waals surface area contributed by atoms with Gasteiger partial charge in [-0.2, -0.15) is 0 Å². The molecular weight excluding hydrogens is 242 g/mol. The number of carbonyl (C=O) groups excluding carboxylic acids is 1. The highest BCUT2D eigenvalue weighted by Gasteiger charge is 2.33. The molecule has 0 radical (unpaired) electrons. The number of aliphatic hydroxyl groups excluding tert-OH is 1. The van der Waals surface area contributed by atoms with Crippen LogP contribution in [0.15, 0.2) is 18.2 Å². The first kappa shape index (κ1) is 13.8. The minimum absolute atomic E-state index is 0.00395. The minimum Gasteiger partial charge on any atom is -0.395 e. The van der Waals surface area contributed by atoms with Crippen molar-refractivity contribution in [3.8, 4) is 0 Å². The summed E-state index contributed by atoms with van der Waals surface area (Å²) in [5, 5.41) is 12.2. The number of nitrogens with zero attached hydrogens (tertiary/aromatic N) is 2. The maximum absolute atomic E-state index is 12.4. The molecular formula is C14H21N3O2. The number of anilines is 1. The molecule has 104 valence electrons. The van der Waals surface area contributed by atoms with Gasteiger partial charge in [-0.1, -0.05) is 13.0 Å². The summed E-state index contributed by atoms with van der Waals surface area (Å²) in [5.41, 5.74) is 0.446. The van der Waals surface area contributed by atoms with E-state index in [1.165, 1.54) is 0 Å². The van der Waals surface area contributed by atoms with Gasteiger partial charge in [0.1, 0.15) is 11.5 Å². The predicted octanol–water partition coefficient (Wildman–Crippen LogP) is 1.50. The van der Waals surface area contributed by atoms with E-state index in [-0.39, 0.29) is 18.6 Å². The summed E-state index contributed by atoms with van der Waals surface area (Å²) in [6.45, 7) is 3.31. The molecule has 1 aliphatic rings. The number of amides is 1. The van der Waals surface area contributed by atoms with E-state index in [2.05, 4.69) is 17.2 Å². The zero-order chi connectivity index (χ0) is 13.7. The van der Waals surface area contributed by atoms with Gasteiger partial charge in [-0.15, -0.1) is 0 Å². The van der Waals surface area contributed by atoms with Gasteiger partial charge in [-0.25, -0.2) is 4.98 Å². The molecule has 0 bridgehead atoms. The Bertz CT molecular complexity index is 432. The maximum atomic E-state index is 12.4. The minimum atomic E-state index is -0.0864. The van der Waals surface area contributed by atoms with Crippen LogP contribution in [0.5, 0.6) is 0 Å². The Labute approximate surface area is 113 Å². The highest BCUT2D eigenvalue weighted by Crippen LogP contribution is 2.27. The van der Waals surface area contributed by atoms with Gasteiger partial charge in [0.2, 0.25) is 0 Å². The van der Waals surface area contributed by atoms with Crippen LogP contribution >= 0.6 is 0 Å². The molecule has 0 aromatic carbocycles. The Morgan fingerprint density at radius 2 is 2.32 bits per heavy atom. The third-order valence-electron chi connectivity index (χ3n) is 3.11. The molecule has 1 heterocycles. The Hall–Kier alpha value is -1.62. The quantitative estimate of drug-likeness (QED) is 0.782. The van der Waals surface area contributed by atoms with Crippen molar-refractivity contribution in [2.45, 2.75) is 32.2 Å². The van der Waals surface area contributed by atoms with E-state index in [1.54, 1.807) is 11.0 Å². The molecule has 1 amide bonds. The average molecular weight is 263 g/mol. The lowest BCUT2D eigenvalue weighted by molar-refractivity contribution is 0.0702. The highest BCUT2D eigenvalue weighted by molar-refractivity contribution is 5.93. The van der Waals surface area contributed by atoms with Crippen molar-refractivity contribution in [3.05, 3.63) is 23.9 Å². The first-order valence-electron chi connectivity index (χ1n) is 6.89. The maximum Gasteiger partial charge on any atom is 0.272 e. The van der Waals surface area contributed by atoms with Crippen LogP contribution in [0.1, 0.15) is 36.7 Å². The summed E-state index contributed by atoms with van der Waals surface area (Å²) in [5.74, 6) is 0.643. The van der Waals surface area contributed by atoms with Crippen LogP contribution in [0.4, 0.5) is 5.82 Å². The summed E-state index contributed by atoms with van der Waals surface area (Å²) < 4.78 is 0. The fourth-order valence-electron chi connectivity index (χ4n) is 2.00. The van der Waals surface area contributed by atoms with Gasteiger partial charge in [-0.3, -0.25) is 4.79 Å². The Kier molecular flexibility index (Phi) is 4.74. The lowest BCUT2D eigenvalue weighted by atomic mass is 10.3. The van der Waals surface area contributed by atoms with Crippen molar-refractivity contribution in [2.75, 3.05) is 25.0 Å². The van der Waals surface area contributed by atoms with Crippen LogP contribution in [0.25, 0.3) is 0 Å². The van der Waals surface area contributed by atoms with Gasteiger partial charge in [0.15, 0.2) is 0 Å². The predicted molar refractivity (Wildman–Crippen MR) is 74.2 cm³/mol. The van der Waals surface area contributed by atoms with Gasteiger partial charge in [0, 0.05) is 19.1 Å². The number of carbonyl (C=O) groups is 1. The van der Waals surface area contributed by atoms with Crippen molar-refractivity contribution in [2.24, 2.45) is 0 Å². The van der Waals surface area contributed by atoms with Crippen LogP contribution < -0.4 is 5.32 Å². The molecule has 0 aliphatic heterocycles. The highest BCUT2D eigenvalue weighted by atomic mass is 16.3. The van der Waals surface area contributed by atoms with Crippen LogP contribution in [0, 0.1) is 0 Å². The van der Waals surface area contributed by atoms with Gasteiger partial charge >= 0.3 is 0 Å². The normalized spacial score (nSPS) is 14.2. The zero-order valence-electron chi connectivity index (χ0n) is 11.3. The van der Waals surface area contributed by atoms with Gasteiger partial charge in [0.25, 0.3) is 5.91 Å². The van der Waals surface area contributed by atoms with Crippen LogP contribution in [-0.4, -0.2) is 46.6 Å². The van der Waals surface area contributed by atoms with Crippen LogP contribution in [-0.2, 0) is 0 Å². The average Bonchev–Trinajstić information content (AvgIpc) is 3.26. The lowest BCUT2D eigenvalue weighted by Gasteiger charge is -2.21. The molecule has 1 saturated carbocycles. The molecule has 5 heteroatoms. The molecule has 0 unspecified atom stereocenters. The van der Waals surface area contributed by atoms with Crippen LogP contribution in [0.3, 0.4) is 0 Å². The molecule has 0 atom stereocenters. The molecule has 1 aliphatic carbocycles. The molecule has 1 aromatic heterocycles. The Morgan fingerprint density at radius 3 is 2.95 bits per heavy atom. The smallest absolute Gasteiger partial charge is 0.272 e. The first-order valence-corrected chi connectivity index (χ1v) is 6.89. The number of pyridine rings is 1. The SMILES string of the molecule is CCCNc1cccc(C(=O)N(CCO)C2CC2)n1. The molecule has 2 rings (SSSR count). The van der Waals surface area contributed by atoms with E-state index in [0.717, 1.165) is 31.6 Å². The van der Waals surface area contributed by atoms with Crippen molar-refractivity contribution >= 4 is 11.7 Å². The third-order valence-corrected chi connectivity index (χ3v) is 3.11. The van der Waals surface area contributed by atoms with Gasteiger partial charge in [0.05, 0.1) is 6.61 Å². The summed E-state index contributed by atoms with van der Waals surface area (Å²) >= 11 is 0. The molecule has 2 N–H and O–H groups in total. The van der Waals surface area contributed by atoms with Crippen molar-refractivity contribution in [1.29, 1.82) is 0 Å². The Balaban J connectivity index is 2.08. The Morgan fingerprint density at radius 1 is 1.53 bits per heavy atom. The first-order chi connectivity index (χ1) is 9.26. The monoisotopic (exact) mass is 263 g/mol. The summed E-state index contributed by atoms with van der Waals surface area (Å²) in [4.78, 5) is 18.4. The van der Waals surface area contributed by atoms with Crippen molar-refractivity contribution in [1.82, 2.24) is 9.88 Å². The van der Waals surface area contributed by atoms with E-state index >= 15 is 0 Å². The third kappa shape index (κ3) is 3.67. The van der Waals surface area contributed by atoms with E-state index < -0.39 is 0 Å². The van der Waals surface area contributed by atoms with Crippen molar-refractivity contribution in [3.63, 3.8) is 0 Å². The second-order valence-electron chi connectivity index (χ2n) is 4.79. The molecule has 19 heavy (non-hydrogen) atoms. The summed E-state index contributed by atoms with van der Waals surface area (Å²) in [6, 6.07) is 5.71. The second-order valence-corrected chi connectivity index (χ2v) is 4.79. The fraction of sp³-hybridized carbons (Fsp3) is 0.571. The molecule has 1 aromatic rings. The van der Waals surface area contributed by atoms with E-state index in [9.17, 15) is 4.79 Å². The van der Waals surface area contributed by atoms with Gasteiger partial charge in [-0.05, 0) is 31.4 Å². The van der Waals surface area contributed by atoms with E-state index in [4.69, 9.17) is 5.11 Å². The number of aromatic nitrogens is 1. The molecule has 0 saturated heterocycles. The largest absolute Gasteiger partial charge is 0.395 e. The second kappa shape index (κ2) is 6.52. The van der Waals surface area contributed by atoms with Gasteiger partial charge < -0.3 is 15.3 Å². The number of nitrogens with one attached hydrogen (secondary N) is 1. The summed E-state index contributed by atoms with van der Waals surface area (Å²) in [6.07, 6.45) is 3.07. The van der Waals surface area contributed by atoms with Crippen LogP contribution in [0.2, 0.25) is 0 Å². The zero-order valence-corrected chi connectivity index (χ0v) is 11.3.